The number of aromatic nitrogens is 1. The Labute approximate surface area is 133 Å². The van der Waals surface area contributed by atoms with Crippen molar-refractivity contribution in [2.24, 2.45) is 5.92 Å². The third-order valence-corrected chi connectivity index (χ3v) is 4.41. The molecule has 0 radical (unpaired) electrons. The van der Waals surface area contributed by atoms with Crippen molar-refractivity contribution < 1.29 is 9.90 Å². The van der Waals surface area contributed by atoms with E-state index < -0.39 is 5.97 Å². The molecule has 0 aliphatic carbocycles. The molecule has 0 bridgehead atoms. The van der Waals surface area contributed by atoms with Gasteiger partial charge in [0, 0.05) is 30.4 Å². The van der Waals surface area contributed by atoms with Crippen molar-refractivity contribution in [1.29, 1.82) is 5.26 Å². The molecule has 0 saturated carbocycles. The number of benzene rings is 1. The van der Waals surface area contributed by atoms with Gasteiger partial charge in [-0.1, -0.05) is 0 Å². The van der Waals surface area contributed by atoms with Crippen LogP contribution in [0.15, 0.2) is 35.3 Å². The number of rotatable bonds is 3. The van der Waals surface area contributed by atoms with Crippen LogP contribution in [-0.4, -0.2) is 28.7 Å². The lowest BCUT2D eigenvalue weighted by Gasteiger charge is -2.32. The first-order valence-electron chi connectivity index (χ1n) is 7.58. The lowest BCUT2D eigenvalue weighted by molar-refractivity contribution is -0.142. The number of nitriles is 1. The van der Waals surface area contributed by atoms with Crippen LogP contribution in [0.25, 0.3) is 10.8 Å². The normalized spacial score (nSPS) is 15.5. The Bertz CT molecular complexity index is 842. The molecule has 1 saturated heterocycles. The van der Waals surface area contributed by atoms with E-state index in [9.17, 15) is 9.59 Å². The molecule has 0 atom stereocenters. The van der Waals surface area contributed by atoms with E-state index in [-0.39, 0.29) is 18.0 Å². The van der Waals surface area contributed by atoms with Crippen molar-refractivity contribution >= 4 is 22.4 Å². The van der Waals surface area contributed by atoms with Crippen molar-refractivity contribution in [2.45, 2.75) is 19.4 Å². The fraction of sp³-hybridized carbons (Fsp3) is 0.353. The highest BCUT2D eigenvalue weighted by molar-refractivity contribution is 5.85. The fourth-order valence-corrected chi connectivity index (χ4v) is 3.06. The van der Waals surface area contributed by atoms with Crippen molar-refractivity contribution in [1.82, 2.24) is 4.57 Å². The number of pyridine rings is 1. The van der Waals surface area contributed by atoms with Crippen LogP contribution in [0, 0.1) is 17.2 Å². The summed E-state index contributed by atoms with van der Waals surface area (Å²) in [6, 6.07) is 9.43. The van der Waals surface area contributed by atoms with E-state index in [1.165, 1.54) is 4.57 Å². The Kier molecular flexibility index (Phi) is 4.02. The Morgan fingerprint density at radius 1 is 1.30 bits per heavy atom. The summed E-state index contributed by atoms with van der Waals surface area (Å²) >= 11 is 0. The van der Waals surface area contributed by atoms with Crippen LogP contribution in [0.3, 0.4) is 0 Å². The highest BCUT2D eigenvalue weighted by atomic mass is 16.4. The maximum atomic E-state index is 12.3. The number of carboxylic acid groups (broad SMARTS) is 1. The summed E-state index contributed by atoms with van der Waals surface area (Å²) in [6.07, 6.45) is 2.91. The number of nitrogens with zero attached hydrogens (tertiary/aromatic N) is 3. The molecule has 0 amide bonds. The summed E-state index contributed by atoms with van der Waals surface area (Å²) in [6.45, 7) is 1.45. The predicted octanol–water partition coefficient (Wildman–Crippen LogP) is 1.83. The number of carboxylic acids is 1. The van der Waals surface area contributed by atoms with Gasteiger partial charge in [-0.25, -0.2) is 0 Å². The molecule has 3 rings (SSSR count). The minimum Gasteiger partial charge on any atom is -0.481 e. The Morgan fingerprint density at radius 3 is 2.70 bits per heavy atom. The van der Waals surface area contributed by atoms with Crippen molar-refractivity contribution in [2.75, 3.05) is 18.0 Å². The number of carbonyl (C=O) groups is 1. The standard InChI is InChI=1S/C17H17N3O3/c18-6-10-20-9-5-13-11-14(1-2-15(13)16(20)21)19-7-3-12(4-8-19)17(22)23/h1-2,5,9,11-12H,3-4,7-8,10H2,(H,22,23). The van der Waals surface area contributed by atoms with Crippen LogP contribution in [0.4, 0.5) is 5.69 Å². The molecular formula is C17H17N3O3. The van der Waals surface area contributed by atoms with Crippen LogP contribution in [-0.2, 0) is 11.3 Å². The zero-order valence-corrected chi connectivity index (χ0v) is 12.6. The molecule has 118 valence electrons. The van der Waals surface area contributed by atoms with Crippen LogP contribution in [0.5, 0.6) is 0 Å². The summed E-state index contributed by atoms with van der Waals surface area (Å²) < 4.78 is 1.39. The molecule has 1 aliphatic rings. The van der Waals surface area contributed by atoms with Crippen molar-refractivity contribution in [3.63, 3.8) is 0 Å². The minimum atomic E-state index is -0.721. The van der Waals surface area contributed by atoms with Gasteiger partial charge in [0.05, 0.1) is 12.0 Å². The molecule has 23 heavy (non-hydrogen) atoms. The van der Waals surface area contributed by atoms with Gasteiger partial charge < -0.3 is 14.6 Å². The molecule has 6 heteroatoms. The Hall–Kier alpha value is -2.81. The van der Waals surface area contributed by atoms with Gasteiger partial charge in [-0.05, 0) is 42.5 Å². The number of hydrogen-bond acceptors (Lipinski definition) is 4. The second kappa shape index (κ2) is 6.13. The van der Waals surface area contributed by atoms with Crippen LogP contribution in [0.2, 0.25) is 0 Å². The minimum absolute atomic E-state index is 0.0409. The molecule has 2 heterocycles. The van der Waals surface area contributed by atoms with E-state index >= 15 is 0 Å². The van der Waals surface area contributed by atoms with Crippen LogP contribution < -0.4 is 10.5 Å². The lowest BCUT2D eigenvalue weighted by atomic mass is 9.96. The number of hydrogen-bond donors (Lipinski definition) is 1. The topological polar surface area (TPSA) is 86.3 Å². The van der Waals surface area contributed by atoms with Crippen LogP contribution >= 0.6 is 0 Å². The number of anilines is 1. The number of aliphatic carboxylic acids is 1. The zero-order chi connectivity index (χ0) is 16.4. The lowest BCUT2D eigenvalue weighted by Crippen LogP contribution is -2.36. The average molecular weight is 311 g/mol. The molecular weight excluding hydrogens is 294 g/mol. The molecule has 2 aromatic rings. The number of piperidine rings is 1. The van der Waals surface area contributed by atoms with E-state index in [0.29, 0.717) is 31.3 Å². The summed E-state index contributed by atoms with van der Waals surface area (Å²) in [5, 5.41) is 19.2. The molecule has 0 unspecified atom stereocenters. The fourth-order valence-electron chi connectivity index (χ4n) is 3.06. The van der Waals surface area contributed by atoms with Gasteiger partial charge in [0.2, 0.25) is 0 Å². The first-order chi connectivity index (χ1) is 11.1. The summed E-state index contributed by atoms with van der Waals surface area (Å²) in [5.74, 6) is -0.980. The Morgan fingerprint density at radius 2 is 2.04 bits per heavy atom. The highest BCUT2D eigenvalue weighted by Gasteiger charge is 2.24. The number of fused-ring (bicyclic) bond motifs is 1. The molecule has 1 N–H and O–H groups in total. The van der Waals surface area contributed by atoms with E-state index in [1.54, 1.807) is 12.3 Å². The molecule has 6 nitrogen and oxygen atoms in total. The van der Waals surface area contributed by atoms with Crippen molar-refractivity contribution in [3.8, 4) is 6.07 Å². The molecule has 1 aromatic heterocycles. The summed E-state index contributed by atoms with van der Waals surface area (Å²) in [4.78, 5) is 25.4. The van der Waals surface area contributed by atoms with E-state index in [4.69, 9.17) is 10.4 Å². The molecule has 1 fully saturated rings. The van der Waals surface area contributed by atoms with Gasteiger partial charge in [0.15, 0.2) is 0 Å². The summed E-state index contributed by atoms with van der Waals surface area (Å²) in [7, 11) is 0. The third-order valence-electron chi connectivity index (χ3n) is 4.41. The monoisotopic (exact) mass is 311 g/mol. The third kappa shape index (κ3) is 2.90. The van der Waals surface area contributed by atoms with E-state index in [0.717, 1.165) is 11.1 Å². The smallest absolute Gasteiger partial charge is 0.306 e. The van der Waals surface area contributed by atoms with Gasteiger partial charge in [-0.15, -0.1) is 0 Å². The largest absolute Gasteiger partial charge is 0.481 e. The second-order valence-electron chi connectivity index (χ2n) is 5.78. The van der Waals surface area contributed by atoms with Gasteiger partial charge >= 0.3 is 5.97 Å². The zero-order valence-electron chi connectivity index (χ0n) is 12.6. The average Bonchev–Trinajstić information content (AvgIpc) is 2.57. The van der Waals surface area contributed by atoms with Gasteiger partial charge in [0.1, 0.15) is 6.54 Å². The summed E-state index contributed by atoms with van der Waals surface area (Å²) in [5.41, 5.74) is 0.832. The van der Waals surface area contributed by atoms with Crippen molar-refractivity contribution in [3.05, 3.63) is 40.8 Å². The van der Waals surface area contributed by atoms with Gasteiger partial charge in [-0.3, -0.25) is 9.59 Å². The van der Waals surface area contributed by atoms with Gasteiger partial charge in [0.25, 0.3) is 5.56 Å². The molecule has 1 aliphatic heterocycles. The van der Waals surface area contributed by atoms with Crippen LogP contribution in [0.1, 0.15) is 12.8 Å². The maximum absolute atomic E-state index is 12.3. The highest BCUT2D eigenvalue weighted by Crippen LogP contribution is 2.25. The molecule has 0 spiro atoms. The molecule has 1 aromatic carbocycles. The van der Waals surface area contributed by atoms with E-state index in [2.05, 4.69) is 4.90 Å². The quantitative estimate of drug-likeness (QED) is 0.934. The second-order valence-corrected chi connectivity index (χ2v) is 5.78. The van der Waals surface area contributed by atoms with E-state index in [1.807, 2.05) is 24.3 Å². The van der Waals surface area contributed by atoms with Gasteiger partial charge in [-0.2, -0.15) is 5.26 Å². The SMILES string of the molecule is N#CCn1ccc2cc(N3CCC(C(=O)O)CC3)ccc2c1=O. The first kappa shape index (κ1) is 15.1. The maximum Gasteiger partial charge on any atom is 0.306 e. The first-order valence-corrected chi connectivity index (χ1v) is 7.58. The predicted molar refractivity (Wildman–Crippen MR) is 86.4 cm³/mol. The Balaban J connectivity index is 1.87.